The van der Waals surface area contributed by atoms with Gasteiger partial charge in [0, 0.05) is 13.1 Å². The van der Waals surface area contributed by atoms with E-state index in [2.05, 4.69) is 0 Å². The number of hydrogen-bond donors (Lipinski definition) is 2. The minimum absolute atomic E-state index is 0.0317. The van der Waals surface area contributed by atoms with Gasteiger partial charge >= 0.3 is 18.0 Å². The maximum absolute atomic E-state index is 11.8. The summed E-state index contributed by atoms with van der Waals surface area (Å²) in [5.41, 5.74) is -0.583. The number of likely N-dealkylation sites (tertiary alicyclic amines) is 1. The Kier molecular flexibility index (Phi) is 4.97. The zero-order chi connectivity index (χ0) is 15.5. The molecule has 1 unspecified atom stereocenters. The Balaban J connectivity index is 2.53. The highest BCUT2D eigenvalue weighted by Gasteiger charge is 2.35. The number of carbonyl (C=O) groups is 3. The van der Waals surface area contributed by atoms with E-state index in [1.165, 1.54) is 4.90 Å². The summed E-state index contributed by atoms with van der Waals surface area (Å²) < 4.78 is 5.22. The number of aliphatic carboxylic acids is 2. The van der Waals surface area contributed by atoms with Crippen molar-refractivity contribution in [1.82, 2.24) is 4.90 Å². The molecule has 1 heterocycles. The van der Waals surface area contributed by atoms with Crippen LogP contribution in [0, 0.1) is 11.8 Å². The van der Waals surface area contributed by atoms with Crippen LogP contribution in [0.2, 0.25) is 0 Å². The molecule has 2 N–H and O–H groups in total. The maximum Gasteiger partial charge on any atom is 0.410 e. The molecule has 0 aromatic heterocycles. The topological polar surface area (TPSA) is 104 Å². The van der Waals surface area contributed by atoms with Crippen LogP contribution in [0.3, 0.4) is 0 Å². The molecule has 0 spiro atoms. The number of ether oxygens (including phenoxy) is 1. The van der Waals surface area contributed by atoms with Crippen molar-refractivity contribution in [3.05, 3.63) is 0 Å². The summed E-state index contributed by atoms with van der Waals surface area (Å²) in [6, 6.07) is 0. The number of amides is 1. The molecule has 1 rings (SSSR count). The second-order valence-electron chi connectivity index (χ2n) is 6.05. The molecule has 1 saturated heterocycles. The lowest BCUT2D eigenvalue weighted by molar-refractivity contribution is -0.155. The maximum atomic E-state index is 11.8. The van der Waals surface area contributed by atoms with Gasteiger partial charge in [-0.3, -0.25) is 9.59 Å². The minimum atomic E-state index is -1.42. The molecule has 1 amide bonds. The molecular weight excluding hydrogens is 266 g/mol. The van der Waals surface area contributed by atoms with Crippen LogP contribution in [0.1, 0.15) is 33.6 Å². The normalized spacial score (nSPS) is 19.2. The molecule has 1 aliphatic rings. The lowest BCUT2D eigenvalue weighted by atomic mass is 9.94. The Morgan fingerprint density at radius 2 is 1.80 bits per heavy atom. The zero-order valence-corrected chi connectivity index (χ0v) is 12.0. The number of nitrogens with zero attached hydrogens (tertiary/aromatic N) is 1. The van der Waals surface area contributed by atoms with Gasteiger partial charge in [0.25, 0.3) is 0 Å². The van der Waals surface area contributed by atoms with Crippen molar-refractivity contribution in [3.8, 4) is 0 Å². The molecule has 1 atom stereocenters. The molecule has 0 aromatic carbocycles. The molecule has 0 radical (unpaired) electrons. The van der Waals surface area contributed by atoms with Crippen LogP contribution in [0.15, 0.2) is 0 Å². The highest BCUT2D eigenvalue weighted by atomic mass is 16.6. The molecule has 0 bridgehead atoms. The number of rotatable bonds is 4. The van der Waals surface area contributed by atoms with Crippen LogP contribution >= 0.6 is 0 Å². The Labute approximate surface area is 117 Å². The molecular formula is C13H21NO6. The Bertz CT molecular complexity index is 386. The predicted octanol–water partition coefficient (Wildman–Crippen LogP) is 1.42. The van der Waals surface area contributed by atoms with Crippen molar-refractivity contribution in [2.24, 2.45) is 11.8 Å². The van der Waals surface area contributed by atoms with Gasteiger partial charge in [-0.05, 0) is 39.5 Å². The van der Waals surface area contributed by atoms with Crippen LogP contribution < -0.4 is 0 Å². The molecule has 0 saturated carbocycles. The summed E-state index contributed by atoms with van der Waals surface area (Å²) in [5.74, 6) is -4.22. The zero-order valence-electron chi connectivity index (χ0n) is 12.0. The van der Waals surface area contributed by atoms with E-state index in [0.29, 0.717) is 19.5 Å². The lowest BCUT2D eigenvalue weighted by Crippen LogP contribution is -2.35. The van der Waals surface area contributed by atoms with Gasteiger partial charge in [-0.15, -0.1) is 0 Å². The highest BCUT2D eigenvalue weighted by Crippen LogP contribution is 2.25. The fraction of sp³-hybridized carbons (Fsp3) is 0.769. The molecule has 0 aliphatic carbocycles. The van der Waals surface area contributed by atoms with Crippen LogP contribution in [-0.4, -0.2) is 51.8 Å². The first-order chi connectivity index (χ1) is 9.10. The van der Waals surface area contributed by atoms with Gasteiger partial charge in [-0.25, -0.2) is 4.79 Å². The third kappa shape index (κ3) is 4.71. The van der Waals surface area contributed by atoms with Gasteiger partial charge in [0.05, 0.1) is 0 Å². The average molecular weight is 287 g/mol. The lowest BCUT2D eigenvalue weighted by Gasteiger charge is -2.24. The average Bonchev–Trinajstić information content (AvgIpc) is 2.71. The van der Waals surface area contributed by atoms with Crippen LogP contribution in [-0.2, 0) is 14.3 Å². The smallest absolute Gasteiger partial charge is 0.410 e. The van der Waals surface area contributed by atoms with Crippen molar-refractivity contribution < 1.29 is 29.3 Å². The first-order valence-corrected chi connectivity index (χ1v) is 6.53. The van der Waals surface area contributed by atoms with Gasteiger partial charge in [0.1, 0.15) is 5.60 Å². The van der Waals surface area contributed by atoms with Gasteiger partial charge < -0.3 is 19.8 Å². The van der Waals surface area contributed by atoms with E-state index in [0.717, 1.165) is 0 Å². The Hall–Kier alpha value is -1.79. The van der Waals surface area contributed by atoms with E-state index in [1.54, 1.807) is 20.8 Å². The molecule has 7 heteroatoms. The summed E-state index contributed by atoms with van der Waals surface area (Å²) >= 11 is 0. The largest absolute Gasteiger partial charge is 0.481 e. The summed E-state index contributed by atoms with van der Waals surface area (Å²) in [7, 11) is 0. The van der Waals surface area contributed by atoms with Crippen molar-refractivity contribution in [2.45, 2.75) is 39.2 Å². The third-order valence-corrected chi connectivity index (χ3v) is 3.10. The first-order valence-electron chi connectivity index (χ1n) is 6.53. The fourth-order valence-electron chi connectivity index (χ4n) is 2.16. The Morgan fingerprint density at radius 1 is 1.25 bits per heavy atom. The van der Waals surface area contributed by atoms with E-state index in [1.807, 2.05) is 0 Å². The van der Waals surface area contributed by atoms with Gasteiger partial charge in [0.15, 0.2) is 5.92 Å². The van der Waals surface area contributed by atoms with Gasteiger partial charge in [0.2, 0.25) is 0 Å². The Morgan fingerprint density at radius 3 is 2.25 bits per heavy atom. The van der Waals surface area contributed by atoms with Crippen LogP contribution in [0.5, 0.6) is 0 Å². The van der Waals surface area contributed by atoms with Crippen molar-refractivity contribution in [3.63, 3.8) is 0 Å². The third-order valence-electron chi connectivity index (χ3n) is 3.10. The van der Waals surface area contributed by atoms with Crippen LogP contribution in [0.25, 0.3) is 0 Å². The van der Waals surface area contributed by atoms with E-state index >= 15 is 0 Å². The molecule has 20 heavy (non-hydrogen) atoms. The summed E-state index contributed by atoms with van der Waals surface area (Å²) in [6.45, 7) is 6.10. The van der Waals surface area contributed by atoms with Crippen LogP contribution in [0.4, 0.5) is 4.79 Å². The van der Waals surface area contributed by atoms with Crippen molar-refractivity contribution in [1.29, 1.82) is 0 Å². The quantitative estimate of drug-likeness (QED) is 0.758. The van der Waals surface area contributed by atoms with Crippen molar-refractivity contribution in [2.75, 3.05) is 13.1 Å². The number of carboxylic acids is 2. The molecule has 0 aromatic rings. The van der Waals surface area contributed by atoms with E-state index in [4.69, 9.17) is 14.9 Å². The van der Waals surface area contributed by atoms with E-state index < -0.39 is 29.6 Å². The second kappa shape index (κ2) is 6.11. The highest BCUT2D eigenvalue weighted by molar-refractivity contribution is 5.92. The molecule has 1 aliphatic heterocycles. The van der Waals surface area contributed by atoms with E-state index in [-0.39, 0.29) is 12.3 Å². The second-order valence-corrected chi connectivity index (χ2v) is 6.05. The van der Waals surface area contributed by atoms with Gasteiger partial charge in [-0.1, -0.05) is 0 Å². The summed E-state index contributed by atoms with van der Waals surface area (Å²) in [5, 5.41) is 17.7. The minimum Gasteiger partial charge on any atom is -0.481 e. The predicted molar refractivity (Wildman–Crippen MR) is 69.3 cm³/mol. The van der Waals surface area contributed by atoms with Gasteiger partial charge in [-0.2, -0.15) is 0 Å². The SMILES string of the molecule is CC(C)(C)OC(=O)N1CCC(CC(C(=O)O)C(=O)O)C1. The summed E-state index contributed by atoms with van der Waals surface area (Å²) in [6.07, 6.45) is 0.183. The summed E-state index contributed by atoms with van der Waals surface area (Å²) in [4.78, 5) is 35.0. The first kappa shape index (κ1) is 16.3. The van der Waals surface area contributed by atoms with Crippen molar-refractivity contribution >= 4 is 18.0 Å². The molecule has 114 valence electrons. The fourth-order valence-corrected chi connectivity index (χ4v) is 2.16. The van der Waals surface area contributed by atoms with E-state index in [9.17, 15) is 14.4 Å². The number of hydrogen-bond acceptors (Lipinski definition) is 4. The number of carboxylic acid groups (broad SMARTS) is 2. The monoisotopic (exact) mass is 287 g/mol. The standard InChI is InChI=1S/C13H21NO6/c1-13(2,3)20-12(19)14-5-4-8(7-14)6-9(10(15)16)11(17)18/h8-9H,4-7H2,1-3H3,(H,15,16)(H,17,18). The number of carbonyl (C=O) groups excluding carboxylic acids is 1. The molecule has 7 nitrogen and oxygen atoms in total. The molecule has 1 fully saturated rings.